The van der Waals surface area contributed by atoms with Crippen molar-refractivity contribution in [2.24, 2.45) is 5.73 Å². The lowest BCUT2D eigenvalue weighted by molar-refractivity contribution is 0.349. The summed E-state index contributed by atoms with van der Waals surface area (Å²) in [5.41, 5.74) is 6.03. The molecule has 0 spiro atoms. The summed E-state index contributed by atoms with van der Waals surface area (Å²) >= 11 is 9.43. The molecule has 2 atom stereocenters. The van der Waals surface area contributed by atoms with E-state index in [0.29, 0.717) is 17.5 Å². The number of rotatable bonds is 4. The first-order chi connectivity index (χ1) is 9.72. The molecule has 1 aliphatic heterocycles. The summed E-state index contributed by atoms with van der Waals surface area (Å²) in [6.45, 7) is 0. The van der Waals surface area contributed by atoms with E-state index < -0.39 is 0 Å². The molecule has 1 aromatic heterocycles. The zero-order valence-electron chi connectivity index (χ0n) is 10.7. The molecule has 0 bridgehead atoms. The van der Waals surface area contributed by atoms with Gasteiger partial charge in [-0.1, -0.05) is 22.8 Å². The Balaban J connectivity index is 1.63. The highest BCUT2D eigenvalue weighted by Crippen LogP contribution is 2.31. The first kappa shape index (κ1) is 14.3. The van der Waals surface area contributed by atoms with Crippen LogP contribution >= 0.6 is 35.1 Å². The molecule has 1 aliphatic rings. The van der Waals surface area contributed by atoms with Crippen LogP contribution in [0, 0.1) is 0 Å². The van der Waals surface area contributed by atoms with Crippen molar-refractivity contribution < 1.29 is 4.52 Å². The van der Waals surface area contributed by atoms with Gasteiger partial charge in [0.2, 0.25) is 5.89 Å². The molecule has 0 saturated carbocycles. The largest absolute Gasteiger partial charge is 0.339 e. The van der Waals surface area contributed by atoms with Crippen molar-refractivity contribution in [3.63, 3.8) is 0 Å². The number of thioether (sulfide) groups is 2. The molecular formula is C13H14ClN3OS2. The second-order valence-electron chi connectivity index (χ2n) is 4.60. The molecule has 1 saturated heterocycles. The molecule has 106 valence electrons. The lowest BCUT2D eigenvalue weighted by Crippen LogP contribution is -2.26. The molecule has 0 aliphatic carbocycles. The molecule has 0 radical (unpaired) electrons. The minimum atomic E-state index is 0.119. The molecule has 3 rings (SSSR count). The Hall–Kier alpha value is -0.690. The normalized spacial score (nSPS) is 22.3. The first-order valence-electron chi connectivity index (χ1n) is 6.26. The lowest BCUT2D eigenvalue weighted by Gasteiger charge is -2.07. The molecule has 2 unspecified atom stereocenters. The number of hydrogen-bond acceptors (Lipinski definition) is 6. The zero-order valence-corrected chi connectivity index (χ0v) is 13.0. The van der Waals surface area contributed by atoms with Crippen LogP contribution in [0.15, 0.2) is 33.7 Å². The van der Waals surface area contributed by atoms with Crippen LogP contribution in [-0.2, 0) is 5.75 Å². The second-order valence-corrected chi connectivity index (χ2v) is 7.16. The summed E-state index contributed by atoms with van der Waals surface area (Å²) < 4.78 is 5.34. The van der Waals surface area contributed by atoms with Crippen molar-refractivity contribution in [3.8, 4) is 0 Å². The van der Waals surface area contributed by atoms with Gasteiger partial charge in [0, 0.05) is 27.5 Å². The number of benzene rings is 1. The molecule has 2 N–H and O–H groups in total. The number of nitrogens with zero attached hydrogens (tertiary/aromatic N) is 2. The predicted octanol–water partition coefficient (Wildman–Crippen LogP) is 3.17. The van der Waals surface area contributed by atoms with Gasteiger partial charge in [0.1, 0.15) is 0 Å². The van der Waals surface area contributed by atoms with Gasteiger partial charge < -0.3 is 10.3 Å². The highest BCUT2D eigenvalue weighted by Gasteiger charge is 2.30. The maximum absolute atomic E-state index is 6.03. The average molecular weight is 328 g/mol. The predicted molar refractivity (Wildman–Crippen MR) is 83.4 cm³/mol. The number of halogens is 1. The van der Waals surface area contributed by atoms with E-state index in [1.54, 1.807) is 11.8 Å². The molecule has 4 nitrogen and oxygen atoms in total. The van der Waals surface area contributed by atoms with Gasteiger partial charge in [-0.15, -0.1) is 11.8 Å². The van der Waals surface area contributed by atoms with Crippen molar-refractivity contribution in [2.75, 3.05) is 11.5 Å². The Morgan fingerprint density at radius 1 is 1.45 bits per heavy atom. The summed E-state index contributed by atoms with van der Waals surface area (Å²) in [4.78, 5) is 5.55. The molecule has 7 heteroatoms. The maximum Gasteiger partial charge on any atom is 0.232 e. The van der Waals surface area contributed by atoms with Crippen LogP contribution in [0.2, 0.25) is 5.02 Å². The van der Waals surface area contributed by atoms with E-state index in [0.717, 1.165) is 21.4 Å². The van der Waals surface area contributed by atoms with Crippen LogP contribution in [0.5, 0.6) is 0 Å². The van der Waals surface area contributed by atoms with Crippen LogP contribution in [0.3, 0.4) is 0 Å². The lowest BCUT2D eigenvalue weighted by atomic mass is 10.1. The summed E-state index contributed by atoms with van der Waals surface area (Å²) in [5, 5.41) is 4.76. The third kappa shape index (κ3) is 3.31. The molecule has 1 fully saturated rings. The summed E-state index contributed by atoms with van der Waals surface area (Å²) in [6.07, 6.45) is 0. The average Bonchev–Trinajstić information content (AvgIpc) is 3.05. The number of nitrogens with two attached hydrogens (primary N) is 1. The molecule has 20 heavy (non-hydrogen) atoms. The van der Waals surface area contributed by atoms with E-state index in [1.165, 1.54) is 0 Å². The van der Waals surface area contributed by atoms with Crippen molar-refractivity contribution in [1.82, 2.24) is 10.1 Å². The van der Waals surface area contributed by atoms with E-state index >= 15 is 0 Å². The van der Waals surface area contributed by atoms with Crippen LogP contribution < -0.4 is 5.73 Å². The fourth-order valence-electron chi connectivity index (χ4n) is 2.01. The maximum atomic E-state index is 6.03. The molecule has 2 heterocycles. The van der Waals surface area contributed by atoms with Gasteiger partial charge in [-0.05, 0) is 18.2 Å². The number of hydrogen-bond donors (Lipinski definition) is 1. The highest BCUT2D eigenvalue weighted by molar-refractivity contribution is 7.99. The van der Waals surface area contributed by atoms with Gasteiger partial charge in [-0.3, -0.25) is 0 Å². The molecule has 0 amide bonds. The van der Waals surface area contributed by atoms with E-state index in [4.69, 9.17) is 21.9 Å². The highest BCUT2D eigenvalue weighted by atomic mass is 35.5. The van der Waals surface area contributed by atoms with Gasteiger partial charge in [0.25, 0.3) is 0 Å². The third-order valence-electron chi connectivity index (χ3n) is 3.09. The van der Waals surface area contributed by atoms with E-state index in [-0.39, 0.29) is 12.0 Å². The Morgan fingerprint density at radius 3 is 3.10 bits per heavy atom. The minimum Gasteiger partial charge on any atom is -0.339 e. The Labute approximate surface area is 130 Å². The van der Waals surface area contributed by atoms with Crippen LogP contribution in [-0.4, -0.2) is 27.7 Å². The van der Waals surface area contributed by atoms with Gasteiger partial charge in [0.15, 0.2) is 5.82 Å². The van der Waals surface area contributed by atoms with Crippen molar-refractivity contribution in [1.29, 1.82) is 0 Å². The molecule has 1 aromatic carbocycles. The zero-order chi connectivity index (χ0) is 13.9. The van der Waals surface area contributed by atoms with Gasteiger partial charge in [-0.2, -0.15) is 16.7 Å². The second kappa shape index (κ2) is 6.39. The van der Waals surface area contributed by atoms with Crippen LogP contribution in [0.25, 0.3) is 0 Å². The third-order valence-corrected chi connectivity index (χ3v) is 5.53. The standard InChI is InChI=1S/C13H14ClN3OS2/c14-8-2-1-3-9(4-8)20-7-12-16-13(18-17-12)10-5-19-6-11(10)15/h1-4,10-11H,5-7,15H2. The van der Waals surface area contributed by atoms with Crippen molar-refractivity contribution >= 4 is 35.1 Å². The Bertz CT molecular complexity index is 593. The number of aromatic nitrogens is 2. The Morgan fingerprint density at radius 2 is 2.35 bits per heavy atom. The smallest absolute Gasteiger partial charge is 0.232 e. The summed E-state index contributed by atoms with van der Waals surface area (Å²) in [6, 6.07) is 7.85. The fourth-order valence-corrected chi connectivity index (χ4v) is 4.34. The minimum absolute atomic E-state index is 0.119. The monoisotopic (exact) mass is 327 g/mol. The quantitative estimate of drug-likeness (QED) is 0.870. The van der Waals surface area contributed by atoms with E-state index in [1.807, 2.05) is 36.0 Å². The summed E-state index contributed by atoms with van der Waals surface area (Å²) in [7, 11) is 0. The van der Waals surface area contributed by atoms with Crippen LogP contribution in [0.1, 0.15) is 17.6 Å². The fraction of sp³-hybridized carbons (Fsp3) is 0.385. The van der Waals surface area contributed by atoms with E-state index in [9.17, 15) is 0 Å². The first-order valence-corrected chi connectivity index (χ1v) is 8.78. The van der Waals surface area contributed by atoms with Crippen LogP contribution in [0.4, 0.5) is 0 Å². The SMILES string of the molecule is NC1CSCC1c1nc(CSc2cccc(Cl)c2)no1. The topological polar surface area (TPSA) is 64.9 Å². The van der Waals surface area contributed by atoms with Crippen molar-refractivity contribution in [3.05, 3.63) is 41.0 Å². The van der Waals surface area contributed by atoms with Gasteiger partial charge in [-0.25, -0.2) is 0 Å². The molecule has 2 aromatic rings. The summed E-state index contributed by atoms with van der Waals surface area (Å²) in [5.74, 6) is 4.15. The Kier molecular flexibility index (Phi) is 4.55. The van der Waals surface area contributed by atoms with E-state index in [2.05, 4.69) is 10.1 Å². The van der Waals surface area contributed by atoms with Gasteiger partial charge >= 0.3 is 0 Å². The van der Waals surface area contributed by atoms with Gasteiger partial charge in [0.05, 0.1) is 11.7 Å². The van der Waals surface area contributed by atoms with Crippen molar-refractivity contribution in [2.45, 2.75) is 22.6 Å². The molecular weight excluding hydrogens is 314 g/mol.